The van der Waals surface area contributed by atoms with Crippen molar-refractivity contribution >= 4 is 51.2 Å². The molecule has 1 heterocycles. The van der Waals surface area contributed by atoms with Gasteiger partial charge in [-0.1, -0.05) is 59.6 Å². The highest BCUT2D eigenvalue weighted by Crippen LogP contribution is 2.38. The molecule has 144 valence electrons. The monoisotopic (exact) mass is 426 g/mol. The number of aromatic nitrogens is 2. The van der Waals surface area contributed by atoms with Crippen LogP contribution in [0.2, 0.25) is 10.0 Å². The van der Waals surface area contributed by atoms with Gasteiger partial charge in [-0.15, -0.1) is 0 Å². The summed E-state index contributed by atoms with van der Waals surface area (Å²) in [6, 6.07) is 17.7. The number of hydrogen-bond acceptors (Lipinski definition) is 6. The van der Waals surface area contributed by atoms with Gasteiger partial charge in [0.2, 0.25) is 5.82 Å². The Morgan fingerprint density at radius 3 is 2.59 bits per heavy atom. The van der Waals surface area contributed by atoms with Crippen molar-refractivity contribution in [1.29, 1.82) is 0 Å². The number of fused-ring (bicyclic) bond motifs is 1. The van der Waals surface area contributed by atoms with Gasteiger partial charge in [-0.25, -0.2) is 4.98 Å². The first-order valence-corrected chi connectivity index (χ1v) is 9.15. The van der Waals surface area contributed by atoms with E-state index in [4.69, 9.17) is 27.9 Å². The van der Waals surface area contributed by atoms with Crippen LogP contribution in [-0.2, 0) is 0 Å². The Labute approximate surface area is 175 Å². The highest BCUT2D eigenvalue weighted by molar-refractivity contribution is 6.36. The molecule has 0 aliphatic heterocycles. The summed E-state index contributed by atoms with van der Waals surface area (Å²) in [5.41, 5.74) is 0.000397. The zero-order valence-electron chi connectivity index (χ0n) is 14.7. The van der Waals surface area contributed by atoms with Gasteiger partial charge in [0, 0.05) is 10.4 Å². The fourth-order valence-electron chi connectivity index (χ4n) is 2.80. The van der Waals surface area contributed by atoms with Crippen molar-refractivity contribution in [3.63, 3.8) is 0 Å². The average Bonchev–Trinajstić information content (AvgIpc) is 2.70. The largest absolute Gasteiger partial charge is 0.433 e. The summed E-state index contributed by atoms with van der Waals surface area (Å²) >= 11 is 12.1. The number of anilines is 2. The van der Waals surface area contributed by atoms with Crippen molar-refractivity contribution in [3.8, 4) is 11.6 Å². The van der Waals surface area contributed by atoms with Gasteiger partial charge in [0.05, 0.1) is 15.6 Å². The normalized spacial score (nSPS) is 10.7. The molecular formula is C20H12Cl2N4O3. The van der Waals surface area contributed by atoms with E-state index in [2.05, 4.69) is 15.3 Å². The first kappa shape index (κ1) is 18.9. The Morgan fingerprint density at radius 2 is 1.79 bits per heavy atom. The molecule has 0 fully saturated rings. The van der Waals surface area contributed by atoms with E-state index in [0.29, 0.717) is 21.5 Å². The van der Waals surface area contributed by atoms with E-state index in [1.807, 2.05) is 30.3 Å². The molecule has 29 heavy (non-hydrogen) atoms. The number of hydrogen-bond donors (Lipinski definition) is 1. The second kappa shape index (κ2) is 7.90. The zero-order valence-corrected chi connectivity index (χ0v) is 16.2. The van der Waals surface area contributed by atoms with Gasteiger partial charge in [0.1, 0.15) is 12.1 Å². The number of rotatable bonds is 5. The molecule has 0 aliphatic rings. The van der Waals surface area contributed by atoms with Crippen LogP contribution < -0.4 is 10.1 Å². The van der Waals surface area contributed by atoms with Gasteiger partial charge in [0.15, 0.2) is 0 Å². The van der Waals surface area contributed by atoms with Gasteiger partial charge >= 0.3 is 11.6 Å². The van der Waals surface area contributed by atoms with E-state index >= 15 is 0 Å². The van der Waals surface area contributed by atoms with Crippen LogP contribution in [-0.4, -0.2) is 14.9 Å². The van der Waals surface area contributed by atoms with Gasteiger partial charge < -0.3 is 10.1 Å². The SMILES string of the molecule is O=[N+]([O-])c1c(Nc2ccc(Cl)cc2Cl)ncnc1Oc1cccc2ccccc12. The van der Waals surface area contributed by atoms with E-state index in [9.17, 15) is 10.1 Å². The highest BCUT2D eigenvalue weighted by Gasteiger charge is 2.26. The molecule has 0 aliphatic carbocycles. The quantitative estimate of drug-likeness (QED) is 0.294. The number of halogens is 2. The van der Waals surface area contributed by atoms with Crippen LogP contribution in [0.5, 0.6) is 11.6 Å². The maximum absolute atomic E-state index is 11.8. The van der Waals surface area contributed by atoms with Crippen LogP contribution in [0.4, 0.5) is 17.2 Å². The Morgan fingerprint density at radius 1 is 1.00 bits per heavy atom. The first-order valence-electron chi connectivity index (χ1n) is 8.40. The van der Waals surface area contributed by atoms with E-state index in [-0.39, 0.29) is 11.7 Å². The van der Waals surface area contributed by atoms with Crippen molar-refractivity contribution in [2.75, 3.05) is 5.32 Å². The number of benzene rings is 3. The Bertz CT molecular complexity index is 1230. The Hall–Kier alpha value is -3.42. The summed E-state index contributed by atoms with van der Waals surface area (Å²) in [4.78, 5) is 19.1. The van der Waals surface area contributed by atoms with Crippen molar-refractivity contribution < 1.29 is 9.66 Å². The zero-order chi connectivity index (χ0) is 20.4. The van der Waals surface area contributed by atoms with Crippen molar-refractivity contribution in [3.05, 3.63) is 87.2 Å². The third kappa shape index (κ3) is 3.91. The molecule has 4 rings (SSSR count). The number of nitrogens with zero attached hydrogens (tertiary/aromatic N) is 3. The molecule has 7 nitrogen and oxygen atoms in total. The molecule has 9 heteroatoms. The Balaban J connectivity index is 1.76. The van der Waals surface area contributed by atoms with Gasteiger partial charge in [-0.2, -0.15) is 4.98 Å². The lowest BCUT2D eigenvalue weighted by atomic mass is 10.1. The standard InChI is InChI=1S/C20H12Cl2N4O3/c21-13-8-9-16(15(22)10-13)25-19-18(26(27)28)20(24-11-23-19)29-17-7-3-5-12-4-1-2-6-14(12)17/h1-11H,(H,23,24,25). The number of nitrogens with one attached hydrogen (secondary N) is 1. The maximum Gasteiger partial charge on any atom is 0.373 e. The predicted octanol–water partition coefficient (Wildman–Crippen LogP) is 6.38. The molecule has 4 aromatic rings. The second-order valence-corrected chi connectivity index (χ2v) is 6.81. The Kier molecular flexibility index (Phi) is 5.16. The van der Waals surface area contributed by atoms with Gasteiger partial charge in [0.25, 0.3) is 0 Å². The molecule has 1 aromatic heterocycles. The summed E-state index contributed by atoms with van der Waals surface area (Å²) in [5, 5.41) is 17.1. The first-order chi connectivity index (χ1) is 14.0. The lowest BCUT2D eigenvalue weighted by Crippen LogP contribution is -2.04. The molecule has 0 radical (unpaired) electrons. The second-order valence-electron chi connectivity index (χ2n) is 5.96. The van der Waals surface area contributed by atoms with Crippen LogP contribution in [0.15, 0.2) is 67.0 Å². The van der Waals surface area contributed by atoms with Crippen molar-refractivity contribution in [2.24, 2.45) is 0 Å². The predicted molar refractivity (Wildman–Crippen MR) is 112 cm³/mol. The molecule has 0 saturated heterocycles. The average molecular weight is 427 g/mol. The molecule has 0 saturated carbocycles. The molecule has 0 atom stereocenters. The lowest BCUT2D eigenvalue weighted by molar-refractivity contribution is -0.385. The van der Waals surface area contributed by atoms with E-state index in [1.165, 1.54) is 12.4 Å². The fraction of sp³-hybridized carbons (Fsp3) is 0. The van der Waals surface area contributed by atoms with Crippen LogP contribution in [0.1, 0.15) is 0 Å². The molecule has 1 N–H and O–H groups in total. The van der Waals surface area contributed by atoms with Crippen LogP contribution in [0.25, 0.3) is 10.8 Å². The maximum atomic E-state index is 11.8. The van der Waals surface area contributed by atoms with E-state index in [0.717, 1.165) is 10.8 Å². The van der Waals surface area contributed by atoms with Crippen molar-refractivity contribution in [2.45, 2.75) is 0 Å². The summed E-state index contributed by atoms with van der Waals surface area (Å²) in [6.45, 7) is 0. The molecule has 0 spiro atoms. The smallest absolute Gasteiger partial charge is 0.373 e. The molecule has 3 aromatic carbocycles. The van der Waals surface area contributed by atoms with E-state index < -0.39 is 10.6 Å². The third-order valence-corrected chi connectivity index (χ3v) is 4.66. The molecule has 0 bridgehead atoms. The lowest BCUT2D eigenvalue weighted by Gasteiger charge is -2.11. The highest BCUT2D eigenvalue weighted by atomic mass is 35.5. The van der Waals surface area contributed by atoms with Crippen LogP contribution >= 0.6 is 23.2 Å². The van der Waals surface area contributed by atoms with Crippen molar-refractivity contribution in [1.82, 2.24) is 9.97 Å². The summed E-state index contributed by atoms with van der Waals surface area (Å²) < 4.78 is 5.82. The minimum atomic E-state index is -0.605. The minimum Gasteiger partial charge on any atom is -0.433 e. The van der Waals surface area contributed by atoms with Crippen LogP contribution in [0, 0.1) is 10.1 Å². The summed E-state index contributed by atoms with van der Waals surface area (Å²) in [7, 11) is 0. The third-order valence-electron chi connectivity index (χ3n) is 4.11. The summed E-state index contributed by atoms with van der Waals surface area (Å²) in [6.07, 6.45) is 1.18. The minimum absolute atomic E-state index is 0.0514. The topological polar surface area (TPSA) is 90.2 Å². The van der Waals surface area contributed by atoms with Gasteiger partial charge in [-0.3, -0.25) is 10.1 Å². The van der Waals surface area contributed by atoms with E-state index in [1.54, 1.807) is 24.3 Å². The van der Waals surface area contributed by atoms with Gasteiger partial charge in [-0.05, 0) is 29.7 Å². The van der Waals surface area contributed by atoms with Crippen LogP contribution in [0.3, 0.4) is 0 Å². The number of ether oxygens (including phenoxy) is 1. The molecular weight excluding hydrogens is 415 g/mol. The summed E-state index contributed by atoms with van der Waals surface area (Å²) in [5.74, 6) is 0.207. The fourth-order valence-corrected chi connectivity index (χ4v) is 3.26. The number of nitro groups is 1. The molecule has 0 amide bonds. The molecule has 0 unspecified atom stereocenters.